The van der Waals surface area contributed by atoms with Crippen molar-refractivity contribution in [2.24, 2.45) is 0 Å². The van der Waals surface area contributed by atoms with Crippen molar-refractivity contribution in [3.63, 3.8) is 0 Å². The van der Waals surface area contributed by atoms with E-state index in [2.05, 4.69) is 5.10 Å². The standard InChI is InChI=1S/C17H23N3O5S/c1-11(9-24-4)25-17(21)14(8-18)7-16-12(2)19-20(13(16)3)15-5-6-26(22,23)10-15/h7,11,15H,5-6,9-10H2,1-4H3/b14-7+/t11-,15-/m1/s1. The number of hydrogen-bond donors (Lipinski definition) is 0. The Labute approximate surface area is 153 Å². The SMILES string of the molecule is COC[C@@H](C)OC(=O)/C(C#N)=C/c1c(C)nn([C@@H]2CCS(=O)(=O)C2)c1C. The van der Waals surface area contributed by atoms with Crippen LogP contribution in [0.2, 0.25) is 0 Å². The molecule has 0 amide bonds. The summed E-state index contributed by atoms with van der Waals surface area (Å²) in [7, 11) is -1.54. The molecular formula is C17H23N3O5S. The quantitative estimate of drug-likeness (QED) is 0.415. The topological polar surface area (TPSA) is 111 Å². The Kier molecular flexibility index (Phi) is 6.21. The van der Waals surface area contributed by atoms with Crippen LogP contribution in [0.5, 0.6) is 0 Å². The first-order valence-corrected chi connectivity index (χ1v) is 10.1. The van der Waals surface area contributed by atoms with Crippen molar-refractivity contribution in [2.45, 2.75) is 39.3 Å². The van der Waals surface area contributed by atoms with Gasteiger partial charge < -0.3 is 9.47 Å². The number of nitriles is 1. The van der Waals surface area contributed by atoms with E-state index in [0.717, 1.165) is 5.69 Å². The largest absolute Gasteiger partial charge is 0.456 e. The van der Waals surface area contributed by atoms with Crippen molar-refractivity contribution in [1.82, 2.24) is 9.78 Å². The first kappa shape index (κ1) is 20.1. The minimum Gasteiger partial charge on any atom is -0.456 e. The first-order chi connectivity index (χ1) is 12.2. The van der Waals surface area contributed by atoms with Crippen molar-refractivity contribution in [3.8, 4) is 6.07 Å². The summed E-state index contributed by atoms with van der Waals surface area (Å²) < 4.78 is 35.2. The molecule has 9 heteroatoms. The van der Waals surface area contributed by atoms with Crippen LogP contribution in [-0.4, -0.2) is 55.5 Å². The second kappa shape index (κ2) is 8.01. The molecular weight excluding hydrogens is 358 g/mol. The molecule has 0 saturated carbocycles. The Hall–Kier alpha value is -2.18. The number of aromatic nitrogens is 2. The monoisotopic (exact) mass is 381 g/mol. The third-order valence-electron chi connectivity index (χ3n) is 4.27. The lowest BCUT2D eigenvalue weighted by atomic mass is 10.1. The van der Waals surface area contributed by atoms with Gasteiger partial charge in [-0.1, -0.05) is 0 Å². The number of esters is 1. The first-order valence-electron chi connectivity index (χ1n) is 8.26. The van der Waals surface area contributed by atoms with Crippen LogP contribution in [0, 0.1) is 25.2 Å². The molecule has 0 bridgehead atoms. The van der Waals surface area contributed by atoms with E-state index < -0.39 is 21.9 Å². The molecule has 1 aliphatic heterocycles. The maximum Gasteiger partial charge on any atom is 0.349 e. The Morgan fingerprint density at radius 1 is 1.50 bits per heavy atom. The van der Waals surface area contributed by atoms with Crippen LogP contribution in [0.25, 0.3) is 6.08 Å². The molecule has 0 unspecified atom stereocenters. The molecule has 0 aromatic carbocycles. The van der Waals surface area contributed by atoms with E-state index in [1.807, 2.05) is 6.07 Å². The molecule has 142 valence electrons. The number of aryl methyl sites for hydroxylation is 1. The third-order valence-corrected chi connectivity index (χ3v) is 6.02. The number of nitrogens with zero attached hydrogens (tertiary/aromatic N) is 3. The molecule has 1 aliphatic rings. The van der Waals surface area contributed by atoms with Crippen LogP contribution in [0.15, 0.2) is 5.57 Å². The minimum atomic E-state index is -3.04. The predicted octanol–water partition coefficient (Wildman–Crippen LogP) is 1.34. The second-order valence-electron chi connectivity index (χ2n) is 6.43. The third kappa shape index (κ3) is 4.51. The molecule has 0 N–H and O–H groups in total. The van der Waals surface area contributed by atoms with E-state index in [4.69, 9.17) is 9.47 Å². The fourth-order valence-corrected chi connectivity index (χ4v) is 4.70. The maximum atomic E-state index is 12.2. The van der Waals surface area contributed by atoms with Gasteiger partial charge >= 0.3 is 5.97 Å². The van der Waals surface area contributed by atoms with Crippen LogP contribution in [0.1, 0.15) is 36.3 Å². The van der Waals surface area contributed by atoms with Crippen LogP contribution in [0.4, 0.5) is 0 Å². The number of sulfone groups is 1. The van der Waals surface area contributed by atoms with Crippen LogP contribution < -0.4 is 0 Å². The average Bonchev–Trinajstić information content (AvgIpc) is 3.05. The Morgan fingerprint density at radius 3 is 2.73 bits per heavy atom. The molecule has 2 atom stereocenters. The number of hydrogen-bond acceptors (Lipinski definition) is 7. The highest BCUT2D eigenvalue weighted by atomic mass is 32.2. The van der Waals surface area contributed by atoms with Crippen LogP contribution in [0.3, 0.4) is 0 Å². The number of ether oxygens (including phenoxy) is 2. The Bertz CT molecular complexity index is 864. The smallest absolute Gasteiger partial charge is 0.349 e. The molecule has 2 heterocycles. The van der Waals surface area contributed by atoms with Crippen molar-refractivity contribution in [2.75, 3.05) is 25.2 Å². The Morgan fingerprint density at radius 2 is 2.19 bits per heavy atom. The summed E-state index contributed by atoms with van der Waals surface area (Å²) in [5.41, 5.74) is 1.83. The molecule has 1 saturated heterocycles. The molecule has 0 radical (unpaired) electrons. The van der Waals surface area contributed by atoms with E-state index in [-0.39, 0.29) is 29.7 Å². The fraction of sp³-hybridized carbons (Fsp3) is 0.588. The lowest BCUT2D eigenvalue weighted by Gasteiger charge is -2.12. The summed E-state index contributed by atoms with van der Waals surface area (Å²) >= 11 is 0. The van der Waals surface area contributed by atoms with Gasteiger partial charge in [-0.05, 0) is 33.3 Å². The van der Waals surface area contributed by atoms with Gasteiger partial charge in [-0.2, -0.15) is 10.4 Å². The van der Waals surface area contributed by atoms with Gasteiger partial charge in [0.2, 0.25) is 0 Å². The predicted molar refractivity (Wildman–Crippen MR) is 95.0 cm³/mol. The summed E-state index contributed by atoms with van der Waals surface area (Å²) in [6.07, 6.45) is 1.48. The van der Waals surface area contributed by atoms with Gasteiger partial charge in [0.25, 0.3) is 0 Å². The van der Waals surface area contributed by atoms with Crippen molar-refractivity contribution >= 4 is 21.9 Å². The van der Waals surface area contributed by atoms with Gasteiger partial charge in [-0.25, -0.2) is 13.2 Å². The second-order valence-corrected chi connectivity index (χ2v) is 8.66. The van der Waals surface area contributed by atoms with Gasteiger partial charge in [-0.15, -0.1) is 0 Å². The highest BCUT2D eigenvalue weighted by Crippen LogP contribution is 2.27. The Balaban J connectivity index is 2.29. The van der Waals surface area contributed by atoms with Crippen LogP contribution in [-0.2, 0) is 24.1 Å². The van der Waals surface area contributed by atoms with Gasteiger partial charge in [0.1, 0.15) is 17.7 Å². The van der Waals surface area contributed by atoms with Crippen molar-refractivity contribution in [1.29, 1.82) is 5.26 Å². The van der Waals surface area contributed by atoms with Crippen LogP contribution >= 0.6 is 0 Å². The van der Waals surface area contributed by atoms with E-state index in [1.165, 1.54) is 13.2 Å². The number of rotatable bonds is 6. The average molecular weight is 381 g/mol. The van der Waals surface area contributed by atoms with Gasteiger partial charge in [0.05, 0.1) is 29.8 Å². The van der Waals surface area contributed by atoms with Gasteiger partial charge in [0, 0.05) is 18.4 Å². The lowest BCUT2D eigenvalue weighted by molar-refractivity contribution is -0.145. The molecule has 0 aliphatic carbocycles. The summed E-state index contributed by atoms with van der Waals surface area (Å²) in [6.45, 7) is 5.46. The van der Waals surface area contributed by atoms with E-state index in [1.54, 1.807) is 25.5 Å². The van der Waals surface area contributed by atoms with E-state index >= 15 is 0 Å². The molecule has 8 nitrogen and oxygen atoms in total. The molecule has 26 heavy (non-hydrogen) atoms. The van der Waals surface area contributed by atoms with Gasteiger partial charge in [-0.3, -0.25) is 4.68 Å². The zero-order valence-electron chi connectivity index (χ0n) is 15.4. The summed E-state index contributed by atoms with van der Waals surface area (Å²) in [5, 5.41) is 13.7. The number of methoxy groups -OCH3 is 1. The highest BCUT2D eigenvalue weighted by molar-refractivity contribution is 7.91. The van der Waals surface area contributed by atoms with E-state index in [0.29, 0.717) is 17.7 Å². The van der Waals surface area contributed by atoms with Gasteiger partial charge in [0.15, 0.2) is 9.84 Å². The maximum absolute atomic E-state index is 12.2. The summed E-state index contributed by atoms with van der Waals surface area (Å²) in [6, 6.07) is 1.63. The molecule has 1 aromatic heterocycles. The van der Waals surface area contributed by atoms with Crippen molar-refractivity contribution in [3.05, 3.63) is 22.5 Å². The molecule has 2 rings (SSSR count). The minimum absolute atomic E-state index is 0.0554. The molecule has 1 aromatic rings. The number of carbonyl (C=O) groups is 1. The zero-order chi connectivity index (χ0) is 19.5. The zero-order valence-corrected chi connectivity index (χ0v) is 16.2. The van der Waals surface area contributed by atoms with E-state index in [9.17, 15) is 18.5 Å². The molecule has 0 spiro atoms. The van der Waals surface area contributed by atoms with Crippen molar-refractivity contribution < 1.29 is 22.7 Å². The summed E-state index contributed by atoms with van der Waals surface area (Å²) in [4.78, 5) is 12.2. The normalized spacial score (nSPS) is 20.6. The number of carbonyl (C=O) groups excluding carboxylic acids is 1. The fourth-order valence-electron chi connectivity index (χ4n) is 3.00. The molecule has 1 fully saturated rings. The summed E-state index contributed by atoms with van der Waals surface area (Å²) in [5.74, 6) is -0.527. The highest BCUT2D eigenvalue weighted by Gasteiger charge is 2.31. The lowest BCUT2D eigenvalue weighted by Crippen LogP contribution is -2.20.